The van der Waals surface area contributed by atoms with Gasteiger partial charge in [-0.15, -0.1) is 0 Å². The van der Waals surface area contributed by atoms with Crippen LogP contribution in [0.3, 0.4) is 0 Å². The predicted octanol–water partition coefficient (Wildman–Crippen LogP) is 1.97. The normalized spacial score (nSPS) is 15.4. The van der Waals surface area contributed by atoms with Crippen molar-refractivity contribution < 1.29 is 4.79 Å². The van der Waals surface area contributed by atoms with E-state index in [1.807, 2.05) is 53.9 Å². The summed E-state index contributed by atoms with van der Waals surface area (Å²) in [5.41, 5.74) is 2.91. The third-order valence-electron chi connectivity index (χ3n) is 3.89. The third-order valence-corrected chi connectivity index (χ3v) is 3.89. The number of likely N-dealkylation sites (tertiary alicyclic amines) is 1. The molecule has 1 amide bonds. The summed E-state index contributed by atoms with van der Waals surface area (Å²) in [6, 6.07) is 7.83. The van der Waals surface area contributed by atoms with E-state index in [4.69, 9.17) is 0 Å². The summed E-state index contributed by atoms with van der Waals surface area (Å²) in [6.45, 7) is 3.51. The Kier molecular flexibility index (Phi) is 2.85. The highest BCUT2D eigenvalue weighted by Crippen LogP contribution is 2.27. The minimum Gasteiger partial charge on any atom is -0.354 e. The Morgan fingerprint density at radius 3 is 2.68 bits per heavy atom. The summed E-state index contributed by atoms with van der Waals surface area (Å²) >= 11 is 0. The van der Waals surface area contributed by atoms with Crippen molar-refractivity contribution in [3.63, 3.8) is 0 Å². The lowest BCUT2D eigenvalue weighted by Gasteiger charge is -2.39. The Labute approximate surface area is 112 Å². The summed E-state index contributed by atoms with van der Waals surface area (Å²) in [6.07, 6.45) is 3.74. The van der Waals surface area contributed by atoms with Gasteiger partial charge in [-0.3, -0.25) is 9.78 Å². The summed E-state index contributed by atoms with van der Waals surface area (Å²) in [7, 11) is 1.96. The third kappa shape index (κ3) is 2.03. The van der Waals surface area contributed by atoms with Crippen molar-refractivity contribution in [2.45, 2.75) is 12.8 Å². The van der Waals surface area contributed by atoms with Crippen LogP contribution in [0.1, 0.15) is 27.7 Å². The van der Waals surface area contributed by atoms with Crippen LogP contribution in [0.4, 0.5) is 0 Å². The van der Waals surface area contributed by atoms with Gasteiger partial charge in [0.25, 0.3) is 5.91 Å². The average molecular weight is 255 g/mol. The van der Waals surface area contributed by atoms with Crippen LogP contribution in [0, 0.1) is 6.92 Å². The molecule has 0 radical (unpaired) electrons. The van der Waals surface area contributed by atoms with E-state index in [-0.39, 0.29) is 5.91 Å². The number of pyridine rings is 1. The largest absolute Gasteiger partial charge is 0.354 e. The SMILES string of the molecule is Cc1c(C(=O)N2CC(c3ccccn3)C2)ccn1C. The minimum absolute atomic E-state index is 0.130. The van der Waals surface area contributed by atoms with Crippen molar-refractivity contribution in [2.75, 3.05) is 13.1 Å². The summed E-state index contributed by atoms with van der Waals surface area (Å²) < 4.78 is 1.98. The summed E-state index contributed by atoms with van der Waals surface area (Å²) in [4.78, 5) is 18.6. The zero-order valence-corrected chi connectivity index (χ0v) is 11.2. The molecule has 3 heterocycles. The van der Waals surface area contributed by atoms with Gasteiger partial charge >= 0.3 is 0 Å². The van der Waals surface area contributed by atoms with E-state index in [1.165, 1.54) is 0 Å². The topological polar surface area (TPSA) is 38.1 Å². The highest BCUT2D eigenvalue weighted by molar-refractivity contribution is 5.96. The fourth-order valence-electron chi connectivity index (χ4n) is 2.45. The second-order valence-electron chi connectivity index (χ2n) is 5.09. The molecule has 98 valence electrons. The molecule has 1 saturated heterocycles. The van der Waals surface area contributed by atoms with E-state index in [0.29, 0.717) is 5.92 Å². The van der Waals surface area contributed by atoms with Crippen molar-refractivity contribution in [1.82, 2.24) is 14.5 Å². The maximum Gasteiger partial charge on any atom is 0.255 e. The van der Waals surface area contributed by atoms with Crippen molar-refractivity contribution >= 4 is 5.91 Å². The Morgan fingerprint density at radius 1 is 1.32 bits per heavy atom. The number of amides is 1. The van der Waals surface area contributed by atoms with Crippen LogP contribution in [-0.4, -0.2) is 33.4 Å². The minimum atomic E-state index is 0.130. The van der Waals surface area contributed by atoms with Crippen LogP contribution >= 0.6 is 0 Å². The quantitative estimate of drug-likeness (QED) is 0.823. The first-order valence-corrected chi connectivity index (χ1v) is 6.49. The highest BCUT2D eigenvalue weighted by atomic mass is 16.2. The highest BCUT2D eigenvalue weighted by Gasteiger charge is 2.33. The molecule has 0 atom stereocenters. The van der Waals surface area contributed by atoms with Crippen LogP contribution in [0.15, 0.2) is 36.7 Å². The van der Waals surface area contributed by atoms with Crippen molar-refractivity contribution in [3.05, 3.63) is 53.6 Å². The molecule has 1 aliphatic heterocycles. The molecule has 0 unspecified atom stereocenters. The first-order chi connectivity index (χ1) is 9.16. The van der Waals surface area contributed by atoms with Crippen LogP contribution < -0.4 is 0 Å². The molecular formula is C15H17N3O. The van der Waals surface area contributed by atoms with Gasteiger partial charge in [0, 0.05) is 49.8 Å². The second-order valence-corrected chi connectivity index (χ2v) is 5.09. The maximum absolute atomic E-state index is 12.3. The van der Waals surface area contributed by atoms with Crippen LogP contribution in [0.25, 0.3) is 0 Å². The van der Waals surface area contributed by atoms with Gasteiger partial charge in [0.1, 0.15) is 0 Å². The molecule has 0 saturated carbocycles. The zero-order chi connectivity index (χ0) is 13.4. The van der Waals surface area contributed by atoms with Gasteiger partial charge in [-0.05, 0) is 25.1 Å². The second kappa shape index (κ2) is 4.53. The number of aromatic nitrogens is 2. The smallest absolute Gasteiger partial charge is 0.255 e. The molecule has 0 aromatic carbocycles. The number of hydrogen-bond acceptors (Lipinski definition) is 2. The Bertz CT molecular complexity index is 597. The van der Waals surface area contributed by atoms with Gasteiger partial charge in [-0.1, -0.05) is 6.07 Å². The molecule has 4 heteroatoms. The summed E-state index contributed by atoms with van der Waals surface area (Å²) in [5.74, 6) is 0.513. The van der Waals surface area contributed by atoms with Gasteiger partial charge in [0.15, 0.2) is 0 Å². The zero-order valence-electron chi connectivity index (χ0n) is 11.2. The molecule has 2 aromatic heterocycles. The number of carbonyl (C=O) groups excluding carboxylic acids is 1. The molecular weight excluding hydrogens is 238 g/mol. The molecule has 4 nitrogen and oxygen atoms in total. The predicted molar refractivity (Wildman–Crippen MR) is 73.0 cm³/mol. The first kappa shape index (κ1) is 12.0. The molecule has 1 fully saturated rings. The molecule has 0 aliphatic carbocycles. The number of carbonyl (C=O) groups is 1. The fourth-order valence-corrected chi connectivity index (χ4v) is 2.45. The molecule has 0 bridgehead atoms. The molecule has 0 N–H and O–H groups in total. The van der Waals surface area contributed by atoms with E-state index in [1.54, 1.807) is 6.20 Å². The molecule has 19 heavy (non-hydrogen) atoms. The van der Waals surface area contributed by atoms with E-state index < -0.39 is 0 Å². The van der Waals surface area contributed by atoms with E-state index >= 15 is 0 Å². The van der Waals surface area contributed by atoms with Gasteiger partial charge in [0.05, 0.1) is 5.56 Å². The lowest BCUT2D eigenvalue weighted by atomic mass is 9.95. The Morgan fingerprint density at radius 2 is 2.11 bits per heavy atom. The molecule has 2 aromatic rings. The first-order valence-electron chi connectivity index (χ1n) is 6.49. The number of aryl methyl sites for hydroxylation is 1. The Hall–Kier alpha value is -2.10. The monoisotopic (exact) mass is 255 g/mol. The van der Waals surface area contributed by atoms with Crippen molar-refractivity contribution in [1.29, 1.82) is 0 Å². The summed E-state index contributed by atoms with van der Waals surface area (Å²) in [5, 5.41) is 0. The number of hydrogen-bond donors (Lipinski definition) is 0. The lowest BCUT2D eigenvalue weighted by Crippen LogP contribution is -2.48. The molecule has 0 spiro atoms. The molecule has 3 rings (SSSR count). The standard InChI is InChI=1S/C15H17N3O/c1-11-13(6-8-17(11)2)15(19)18-9-12(10-18)14-5-3-4-7-16-14/h3-8,12H,9-10H2,1-2H3. The number of rotatable bonds is 2. The maximum atomic E-state index is 12.3. The van der Waals surface area contributed by atoms with Crippen molar-refractivity contribution in [3.8, 4) is 0 Å². The fraction of sp³-hybridized carbons (Fsp3) is 0.333. The van der Waals surface area contributed by atoms with Gasteiger partial charge < -0.3 is 9.47 Å². The van der Waals surface area contributed by atoms with Crippen molar-refractivity contribution in [2.24, 2.45) is 7.05 Å². The van der Waals surface area contributed by atoms with Gasteiger partial charge in [0.2, 0.25) is 0 Å². The van der Waals surface area contributed by atoms with E-state index in [9.17, 15) is 4.79 Å². The van der Waals surface area contributed by atoms with Gasteiger partial charge in [-0.25, -0.2) is 0 Å². The van der Waals surface area contributed by atoms with Crippen LogP contribution in [0.5, 0.6) is 0 Å². The van der Waals surface area contributed by atoms with Crippen LogP contribution in [-0.2, 0) is 7.05 Å². The molecule has 1 aliphatic rings. The van der Waals surface area contributed by atoms with E-state index in [0.717, 1.165) is 30.0 Å². The lowest BCUT2D eigenvalue weighted by molar-refractivity contribution is 0.0598. The van der Waals surface area contributed by atoms with Gasteiger partial charge in [-0.2, -0.15) is 0 Å². The Balaban J connectivity index is 1.68. The number of nitrogens with zero attached hydrogens (tertiary/aromatic N) is 3. The van der Waals surface area contributed by atoms with E-state index in [2.05, 4.69) is 4.98 Å². The average Bonchev–Trinajstić information content (AvgIpc) is 2.69. The van der Waals surface area contributed by atoms with Crippen LogP contribution in [0.2, 0.25) is 0 Å².